The first-order chi connectivity index (χ1) is 13.6. The molecule has 0 aliphatic carbocycles. The van der Waals surface area contributed by atoms with Gasteiger partial charge >= 0.3 is 0 Å². The summed E-state index contributed by atoms with van der Waals surface area (Å²) in [5, 5.41) is 4.04. The highest BCUT2D eigenvalue weighted by molar-refractivity contribution is 7.90. The van der Waals surface area contributed by atoms with Crippen molar-refractivity contribution < 1.29 is 13.2 Å². The number of carbonyl (C=O) groups excluding carboxylic acids is 1. The molecule has 0 aromatic heterocycles. The zero-order valence-electron chi connectivity index (χ0n) is 16.4. The number of benzene rings is 2. The minimum absolute atomic E-state index is 0.0231. The standard InChI is InChI=1S/C13H19N3O2S.C7H4Cl2O/c1-13(2,8-14-3)9-15-12-10-6-4-5-7-11(10)19(17,18)16-12;8-6-2-1-5(4-10)7(9)3-6/h4-7,14H,8-9H2,1-3H3,(H,15,16);1-4H. The molecule has 2 aromatic rings. The number of amidine groups is 1. The monoisotopic (exact) mass is 455 g/mol. The van der Waals surface area contributed by atoms with Crippen LogP contribution in [0, 0.1) is 5.41 Å². The third kappa shape index (κ3) is 6.27. The van der Waals surface area contributed by atoms with Crippen LogP contribution in [0.4, 0.5) is 0 Å². The molecule has 29 heavy (non-hydrogen) atoms. The lowest BCUT2D eigenvalue weighted by Gasteiger charge is -2.21. The lowest BCUT2D eigenvalue weighted by molar-refractivity contribution is 0.112. The number of aldehydes is 1. The Balaban J connectivity index is 0.000000253. The summed E-state index contributed by atoms with van der Waals surface area (Å²) in [7, 11) is -1.54. The van der Waals surface area contributed by atoms with Crippen LogP contribution in [0.3, 0.4) is 0 Å². The van der Waals surface area contributed by atoms with Crippen molar-refractivity contribution in [3.63, 3.8) is 0 Å². The van der Waals surface area contributed by atoms with Gasteiger partial charge in [0.1, 0.15) is 5.84 Å². The molecule has 3 rings (SSSR count). The fourth-order valence-electron chi connectivity index (χ4n) is 2.68. The van der Waals surface area contributed by atoms with E-state index < -0.39 is 10.0 Å². The highest BCUT2D eigenvalue weighted by atomic mass is 35.5. The van der Waals surface area contributed by atoms with E-state index >= 15 is 0 Å². The molecule has 9 heteroatoms. The zero-order valence-corrected chi connectivity index (χ0v) is 18.7. The van der Waals surface area contributed by atoms with Gasteiger partial charge in [-0.15, -0.1) is 0 Å². The molecule has 1 heterocycles. The first kappa shape index (κ1) is 23.3. The number of carbonyl (C=O) groups is 1. The summed E-state index contributed by atoms with van der Waals surface area (Å²) in [5.41, 5.74) is 1.10. The first-order valence-corrected chi connectivity index (χ1v) is 11.0. The fourth-order valence-corrected chi connectivity index (χ4v) is 4.38. The van der Waals surface area contributed by atoms with Crippen molar-refractivity contribution in [2.45, 2.75) is 18.7 Å². The number of hydrogen-bond acceptors (Lipinski definition) is 5. The van der Waals surface area contributed by atoms with Crippen molar-refractivity contribution in [1.82, 2.24) is 10.0 Å². The SMILES string of the molecule is CNCC(C)(C)CN=C1NS(=O)(=O)c2ccccc21.O=Cc1ccc(Cl)cc1Cl. The van der Waals surface area contributed by atoms with Crippen LogP contribution < -0.4 is 10.0 Å². The molecule has 0 bridgehead atoms. The van der Waals surface area contributed by atoms with E-state index in [0.29, 0.717) is 44.7 Å². The molecule has 1 aliphatic heterocycles. The minimum Gasteiger partial charge on any atom is -0.319 e. The average molecular weight is 456 g/mol. The van der Waals surface area contributed by atoms with Crippen molar-refractivity contribution in [1.29, 1.82) is 0 Å². The van der Waals surface area contributed by atoms with Crippen molar-refractivity contribution >= 4 is 45.3 Å². The smallest absolute Gasteiger partial charge is 0.263 e. The molecule has 6 nitrogen and oxygen atoms in total. The normalized spacial score (nSPS) is 15.8. The maximum Gasteiger partial charge on any atom is 0.263 e. The van der Waals surface area contributed by atoms with Gasteiger partial charge in [0.25, 0.3) is 10.0 Å². The van der Waals surface area contributed by atoms with Crippen molar-refractivity contribution in [3.8, 4) is 0 Å². The van der Waals surface area contributed by atoms with Gasteiger partial charge in [-0.25, -0.2) is 8.42 Å². The molecule has 2 aromatic carbocycles. The Morgan fingerprint density at radius 1 is 1.17 bits per heavy atom. The lowest BCUT2D eigenvalue weighted by Crippen LogP contribution is -2.31. The van der Waals surface area contributed by atoms with E-state index in [-0.39, 0.29) is 5.41 Å². The van der Waals surface area contributed by atoms with Gasteiger partial charge in [0.15, 0.2) is 6.29 Å². The van der Waals surface area contributed by atoms with Gasteiger partial charge in [-0.05, 0) is 42.8 Å². The Kier molecular flexibility index (Phi) is 7.82. The largest absolute Gasteiger partial charge is 0.319 e. The zero-order chi connectivity index (χ0) is 21.7. The minimum atomic E-state index is -3.43. The highest BCUT2D eigenvalue weighted by Crippen LogP contribution is 2.23. The Morgan fingerprint density at radius 3 is 2.48 bits per heavy atom. The van der Waals surface area contributed by atoms with Crippen LogP contribution in [-0.4, -0.2) is 40.7 Å². The molecular weight excluding hydrogens is 433 g/mol. The van der Waals surface area contributed by atoms with Crippen molar-refractivity contribution in [3.05, 3.63) is 63.6 Å². The van der Waals surface area contributed by atoms with E-state index in [4.69, 9.17) is 23.2 Å². The summed E-state index contributed by atoms with van der Waals surface area (Å²) >= 11 is 11.2. The number of halogens is 2. The second-order valence-electron chi connectivity index (χ2n) is 7.24. The maximum atomic E-state index is 11.9. The summed E-state index contributed by atoms with van der Waals surface area (Å²) in [4.78, 5) is 15.0. The lowest BCUT2D eigenvalue weighted by atomic mass is 9.94. The van der Waals surface area contributed by atoms with Crippen LogP contribution in [0.2, 0.25) is 10.0 Å². The third-order valence-electron chi connectivity index (χ3n) is 4.07. The number of hydrogen-bond donors (Lipinski definition) is 2. The molecule has 0 atom stereocenters. The quantitative estimate of drug-likeness (QED) is 0.671. The van der Waals surface area contributed by atoms with Gasteiger partial charge in [0.2, 0.25) is 0 Å². The van der Waals surface area contributed by atoms with E-state index in [1.807, 2.05) is 13.1 Å². The summed E-state index contributed by atoms with van der Waals surface area (Å²) in [5.74, 6) is 0.444. The number of nitrogens with one attached hydrogen (secondary N) is 2. The average Bonchev–Trinajstić information content (AvgIpc) is 2.92. The van der Waals surface area contributed by atoms with Gasteiger partial charge in [0, 0.05) is 29.2 Å². The van der Waals surface area contributed by atoms with Gasteiger partial charge < -0.3 is 5.32 Å². The molecule has 0 saturated heterocycles. The second kappa shape index (κ2) is 9.71. The third-order valence-corrected chi connectivity index (χ3v) is 6.03. The Labute approximate surface area is 181 Å². The van der Waals surface area contributed by atoms with Crippen LogP contribution in [0.25, 0.3) is 0 Å². The molecular formula is C20H23Cl2N3O3S. The van der Waals surface area contributed by atoms with Crippen LogP contribution in [0.5, 0.6) is 0 Å². The predicted octanol–water partition coefficient (Wildman–Crippen LogP) is 3.78. The van der Waals surface area contributed by atoms with E-state index in [0.717, 1.165) is 6.54 Å². The summed E-state index contributed by atoms with van der Waals surface area (Å²) in [6, 6.07) is 11.6. The molecule has 0 fully saturated rings. The fraction of sp³-hybridized carbons (Fsp3) is 0.300. The highest BCUT2D eigenvalue weighted by Gasteiger charge is 2.30. The van der Waals surface area contributed by atoms with Gasteiger partial charge in [-0.2, -0.15) is 0 Å². The Morgan fingerprint density at radius 2 is 1.86 bits per heavy atom. The molecule has 2 N–H and O–H groups in total. The van der Waals surface area contributed by atoms with Gasteiger partial charge in [-0.3, -0.25) is 14.5 Å². The summed E-state index contributed by atoms with van der Waals surface area (Å²) in [6.45, 7) is 5.55. The number of rotatable bonds is 5. The van der Waals surface area contributed by atoms with E-state index in [9.17, 15) is 13.2 Å². The Hall–Kier alpha value is -1.93. The second-order valence-corrected chi connectivity index (χ2v) is 9.74. The first-order valence-electron chi connectivity index (χ1n) is 8.81. The topological polar surface area (TPSA) is 87.6 Å². The molecule has 0 spiro atoms. The molecule has 0 saturated carbocycles. The number of aliphatic imine (C=N–C) groups is 1. The van der Waals surface area contributed by atoms with Crippen molar-refractivity contribution in [2.75, 3.05) is 20.1 Å². The molecule has 156 valence electrons. The Bertz CT molecular complexity index is 1020. The van der Waals surface area contributed by atoms with Gasteiger partial charge in [-0.1, -0.05) is 49.2 Å². The van der Waals surface area contributed by atoms with Crippen LogP contribution in [0.15, 0.2) is 52.4 Å². The van der Waals surface area contributed by atoms with E-state index in [1.165, 1.54) is 6.07 Å². The molecule has 1 aliphatic rings. The van der Waals surface area contributed by atoms with Crippen LogP contribution >= 0.6 is 23.2 Å². The van der Waals surface area contributed by atoms with Crippen LogP contribution in [0.1, 0.15) is 29.8 Å². The van der Waals surface area contributed by atoms with Gasteiger partial charge in [0.05, 0.1) is 9.92 Å². The van der Waals surface area contributed by atoms with Crippen LogP contribution in [-0.2, 0) is 10.0 Å². The number of fused-ring (bicyclic) bond motifs is 1. The maximum absolute atomic E-state index is 11.9. The predicted molar refractivity (Wildman–Crippen MR) is 118 cm³/mol. The molecule has 0 amide bonds. The molecule has 0 radical (unpaired) electrons. The van der Waals surface area contributed by atoms with Crippen molar-refractivity contribution in [2.24, 2.45) is 10.4 Å². The van der Waals surface area contributed by atoms with E-state index in [2.05, 4.69) is 28.9 Å². The number of sulfonamides is 1. The molecule has 0 unspecified atom stereocenters. The summed E-state index contributed by atoms with van der Waals surface area (Å²) in [6.07, 6.45) is 0.693. The number of nitrogens with zero attached hydrogens (tertiary/aromatic N) is 1. The van der Waals surface area contributed by atoms with E-state index in [1.54, 1.807) is 30.3 Å². The summed E-state index contributed by atoms with van der Waals surface area (Å²) < 4.78 is 26.3.